The van der Waals surface area contributed by atoms with Crippen LogP contribution in [0.1, 0.15) is 34.7 Å². The van der Waals surface area contributed by atoms with E-state index in [4.69, 9.17) is 9.15 Å². The second-order valence-corrected chi connectivity index (χ2v) is 5.81. The molecule has 0 unspecified atom stereocenters. The van der Waals surface area contributed by atoms with Crippen LogP contribution in [0, 0.1) is 5.92 Å². The largest absolute Gasteiger partial charge is 0.485 e. The Kier molecular flexibility index (Phi) is 4.81. The van der Waals surface area contributed by atoms with Gasteiger partial charge in [0.05, 0.1) is 0 Å². The average molecular weight is 311 g/mol. The highest BCUT2D eigenvalue weighted by molar-refractivity contribution is 5.91. The van der Waals surface area contributed by atoms with Crippen molar-refractivity contribution >= 4 is 5.91 Å². The second-order valence-electron chi connectivity index (χ2n) is 5.81. The van der Waals surface area contributed by atoms with E-state index < -0.39 is 0 Å². The molecular weight excluding hydrogens is 290 g/mol. The van der Waals surface area contributed by atoms with Gasteiger partial charge in [0.1, 0.15) is 18.1 Å². The number of ether oxygens (including phenoxy) is 1. The van der Waals surface area contributed by atoms with E-state index in [1.165, 1.54) is 12.8 Å². The number of amides is 1. The molecule has 0 bridgehead atoms. The normalized spacial score (nSPS) is 13.6. The Bertz CT molecular complexity index is 685. The molecule has 1 aliphatic carbocycles. The summed E-state index contributed by atoms with van der Waals surface area (Å²) in [4.78, 5) is 11.9. The van der Waals surface area contributed by atoms with Crippen molar-refractivity contribution in [2.24, 2.45) is 5.92 Å². The minimum absolute atomic E-state index is 0.157. The van der Waals surface area contributed by atoms with Crippen LogP contribution in [0.15, 0.2) is 53.5 Å². The fourth-order valence-corrected chi connectivity index (χ4v) is 2.34. The zero-order chi connectivity index (χ0) is 16.1. The molecule has 1 aromatic heterocycles. The van der Waals surface area contributed by atoms with Crippen molar-refractivity contribution in [1.82, 2.24) is 5.32 Å². The Balaban J connectivity index is 1.56. The van der Waals surface area contributed by atoms with Crippen LogP contribution in [-0.2, 0) is 13.0 Å². The lowest BCUT2D eigenvalue weighted by atomic mass is 10.1. The van der Waals surface area contributed by atoms with Gasteiger partial charge in [-0.05, 0) is 48.9 Å². The Labute approximate surface area is 136 Å². The Morgan fingerprint density at radius 3 is 2.91 bits per heavy atom. The highest BCUT2D eigenvalue weighted by Gasteiger charge is 2.22. The molecule has 1 fully saturated rings. The minimum Gasteiger partial charge on any atom is -0.485 e. The lowest BCUT2D eigenvalue weighted by molar-refractivity contribution is 0.0920. The third kappa shape index (κ3) is 4.25. The van der Waals surface area contributed by atoms with E-state index in [2.05, 4.69) is 11.9 Å². The molecule has 0 aliphatic heterocycles. The molecule has 1 N–H and O–H groups in total. The molecule has 0 spiro atoms. The van der Waals surface area contributed by atoms with Crippen molar-refractivity contribution in [3.63, 3.8) is 0 Å². The second kappa shape index (κ2) is 7.18. The van der Waals surface area contributed by atoms with E-state index >= 15 is 0 Å². The van der Waals surface area contributed by atoms with Crippen LogP contribution in [0.2, 0.25) is 0 Å². The number of furan rings is 1. The third-order valence-corrected chi connectivity index (χ3v) is 3.84. The SMILES string of the molecule is C=CCc1ccccc1OCc1ccc(C(=O)NCC2CC2)o1. The van der Waals surface area contributed by atoms with Gasteiger partial charge in [0, 0.05) is 6.54 Å². The van der Waals surface area contributed by atoms with Gasteiger partial charge in [-0.2, -0.15) is 0 Å². The maximum Gasteiger partial charge on any atom is 0.287 e. The van der Waals surface area contributed by atoms with Crippen LogP contribution < -0.4 is 10.1 Å². The van der Waals surface area contributed by atoms with Crippen molar-refractivity contribution < 1.29 is 13.9 Å². The van der Waals surface area contributed by atoms with E-state index in [1.54, 1.807) is 12.1 Å². The van der Waals surface area contributed by atoms with Gasteiger partial charge in [-0.3, -0.25) is 4.79 Å². The summed E-state index contributed by atoms with van der Waals surface area (Å²) in [6.45, 7) is 4.79. The van der Waals surface area contributed by atoms with Crippen molar-refractivity contribution in [2.75, 3.05) is 6.54 Å². The number of carbonyl (C=O) groups excluding carboxylic acids is 1. The highest BCUT2D eigenvalue weighted by Crippen LogP contribution is 2.27. The molecule has 1 saturated carbocycles. The van der Waals surface area contributed by atoms with Gasteiger partial charge in [0.2, 0.25) is 0 Å². The maximum atomic E-state index is 11.9. The number of para-hydroxylation sites is 1. The standard InChI is InChI=1S/C19H21NO3/c1-2-5-15-6-3-4-7-17(15)22-13-16-10-11-18(23-16)19(21)20-12-14-8-9-14/h2-4,6-7,10-11,14H,1,5,8-9,12-13H2,(H,20,21). The smallest absolute Gasteiger partial charge is 0.287 e. The molecular formula is C19H21NO3. The predicted molar refractivity (Wildman–Crippen MR) is 88.4 cm³/mol. The topological polar surface area (TPSA) is 51.5 Å². The molecule has 0 atom stereocenters. The number of rotatable bonds is 8. The van der Waals surface area contributed by atoms with Crippen molar-refractivity contribution in [1.29, 1.82) is 0 Å². The molecule has 0 radical (unpaired) electrons. The molecule has 1 amide bonds. The van der Waals surface area contributed by atoms with Crippen LogP contribution in [-0.4, -0.2) is 12.5 Å². The Morgan fingerprint density at radius 2 is 2.13 bits per heavy atom. The van der Waals surface area contributed by atoms with E-state index in [0.29, 0.717) is 24.0 Å². The number of nitrogens with one attached hydrogen (secondary N) is 1. The molecule has 1 aliphatic rings. The molecule has 3 rings (SSSR count). The molecule has 4 nitrogen and oxygen atoms in total. The van der Waals surface area contributed by atoms with Gasteiger partial charge in [-0.1, -0.05) is 24.3 Å². The minimum atomic E-state index is -0.157. The molecule has 0 saturated heterocycles. The van der Waals surface area contributed by atoms with Crippen LogP contribution in [0.3, 0.4) is 0 Å². The monoisotopic (exact) mass is 311 g/mol. The molecule has 1 aromatic carbocycles. The van der Waals surface area contributed by atoms with E-state index in [9.17, 15) is 4.79 Å². The summed E-state index contributed by atoms with van der Waals surface area (Å²) in [5, 5.41) is 2.89. The van der Waals surface area contributed by atoms with Gasteiger partial charge in [-0.25, -0.2) is 0 Å². The summed E-state index contributed by atoms with van der Waals surface area (Å²) < 4.78 is 11.4. The van der Waals surface area contributed by atoms with Gasteiger partial charge >= 0.3 is 0 Å². The third-order valence-electron chi connectivity index (χ3n) is 3.84. The zero-order valence-corrected chi connectivity index (χ0v) is 13.1. The number of carbonyl (C=O) groups is 1. The van der Waals surface area contributed by atoms with Crippen LogP contribution >= 0.6 is 0 Å². The molecule has 1 heterocycles. The van der Waals surface area contributed by atoms with Crippen LogP contribution in [0.5, 0.6) is 5.75 Å². The van der Waals surface area contributed by atoms with Crippen molar-refractivity contribution in [3.05, 3.63) is 66.1 Å². The maximum absolute atomic E-state index is 11.9. The Hall–Kier alpha value is -2.49. The van der Waals surface area contributed by atoms with E-state index in [1.807, 2.05) is 30.3 Å². The summed E-state index contributed by atoms with van der Waals surface area (Å²) >= 11 is 0. The number of hydrogen-bond donors (Lipinski definition) is 1. The fraction of sp³-hybridized carbons (Fsp3) is 0.316. The quantitative estimate of drug-likeness (QED) is 0.756. The molecule has 4 heteroatoms. The first kappa shape index (κ1) is 15.4. The van der Waals surface area contributed by atoms with Gasteiger partial charge in [0.15, 0.2) is 5.76 Å². The fourth-order valence-electron chi connectivity index (χ4n) is 2.34. The Morgan fingerprint density at radius 1 is 1.30 bits per heavy atom. The predicted octanol–water partition coefficient (Wildman–Crippen LogP) is 3.73. The molecule has 2 aromatic rings. The molecule has 120 valence electrons. The highest BCUT2D eigenvalue weighted by atomic mass is 16.5. The number of hydrogen-bond acceptors (Lipinski definition) is 3. The number of allylic oxidation sites excluding steroid dienone is 1. The summed E-state index contributed by atoms with van der Waals surface area (Å²) in [7, 11) is 0. The van der Waals surface area contributed by atoms with Crippen molar-refractivity contribution in [3.8, 4) is 5.75 Å². The van der Waals surface area contributed by atoms with Gasteiger partial charge < -0.3 is 14.5 Å². The van der Waals surface area contributed by atoms with Gasteiger partial charge in [-0.15, -0.1) is 6.58 Å². The summed E-state index contributed by atoms with van der Waals surface area (Å²) in [6.07, 6.45) is 5.02. The van der Waals surface area contributed by atoms with Crippen molar-refractivity contribution in [2.45, 2.75) is 25.9 Å². The lowest BCUT2D eigenvalue weighted by Gasteiger charge is -2.08. The first-order valence-electron chi connectivity index (χ1n) is 7.95. The van der Waals surface area contributed by atoms with E-state index in [-0.39, 0.29) is 5.91 Å². The number of benzene rings is 1. The first-order valence-corrected chi connectivity index (χ1v) is 7.95. The zero-order valence-electron chi connectivity index (χ0n) is 13.1. The molecule has 23 heavy (non-hydrogen) atoms. The van der Waals surface area contributed by atoms with Gasteiger partial charge in [0.25, 0.3) is 5.91 Å². The summed E-state index contributed by atoms with van der Waals surface area (Å²) in [5.41, 5.74) is 1.08. The van der Waals surface area contributed by atoms with E-state index in [0.717, 1.165) is 24.3 Å². The van der Waals surface area contributed by atoms with Crippen LogP contribution in [0.4, 0.5) is 0 Å². The summed E-state index contributed by atoms with van der Waals surface area (Å²) in [5.74, 6) is 2.27. The lowest BCUT2D eigenvalue weighted by Crippen LogP contribution is -2.24. The summed E-state index contributed by atoms with van der Waals surface area (Å²) in [6, 6.07) is 11.3. The first-order chi connectivity index (χ1) is 11.3. The average Bonchev–Trinajstić information content (AvgIpc) is 3.28. The van der Waals surface area contributed by atoms with Crippen LogP contribution in [0.25, 0.3) is 0 Å².